The van der Waals surface area contributed by atoms with Gasteiger partial charge in [-0.2, -0.15) is 0 Å². The zero-order valence-corrected chi connectivity index (χ0v) is 8.68. The average Bonchev–Trinajstić information content (AvgIpc) is 2.16. The van der Waals surface area contributed by atoms with Gasteiger partial charge in [0.15, 0.2) is 0 Å². The number of sulfonamides is 1. The minimum atomic E-state index is -3.54. The number of aryl methyl sites for hydroxylation is 2. The van der Waals surface area contributed by atoms with Gasteiger partial charge in [-0.25, -0.2) is 13.6 Å². The van der Waals surface area contributed by atoms with Crippen LogP contribution in [-0.4, -0.2) is 8.42 Å². The van der Waals surface area contributed by atoms with Crippen molar-refractivity contribution < 1.29 is 8.42 Å². The maximum atomic E-state index is 11.1. The van der Waals surface area contributed by atoms with Crippen LogP contribution in [0.2, 0.25) is 0 Å². The van der Waals surface area contributed by atoms with E-state index < -0.39 is 10.0 Å². The van der Waals surface area contributed by atoms with Gasteiger partial charge in [0.1, 0.15) is 0 Å². The molecule has 0 amide bonds. The molecule has 2 rings (SSSR count). The van der Waals surface area contributed by atoms with E-state index in [0.29, 0.717) is 0 Å². The summed E-state index contributed by atoms with van der Waals surface area (Å²) in [6, 6.07) is 5.19. The van der Waals surface area contributed by atoms with Crippen molar-refractivity contribution in [3.8, 4) is 0 Å². The molecule has 1 aliphatic carbocycles. The van der Waals surface area contributed by atoms with E-state index in [1.165, 1.54) is 12.0 Å². The molecule has 0 spiro atoms. The van der Waals surface area contributed by atoms with Gasteiger partial charge >= 0.3 is 0 Å². The Kier molecular flexibility index (Phi) is 2.33. The first kappa shape index (κ1) is 9.68. The van der Waals surface area contributed by atoms with Gasteiger partial charge in [-0.1, -0.05) is 6.07 Å². The summed E-state index contributed by atoms with van der Waals surface area (Å²) in [5, 5.41) is 5.06. The van der Waals surface area contributed by atoms with E-state index in [1.54, 1.807) is 12.1 Å². The number of nitrogens with two attached hydrogens (primary N) is 1. The number of rotatable bonds is 1. The molecule has 2 N–H and O–H groups in total. The lowest BCUT2D eigenvalue weighted by molar-refractivity contribution is 0.597. The number of hydrogen-bond acceptors (Lipinski definition) is 2. The highest BCUT2D eigenvalue weighted by molar-refractivity contribution is 7.89. The van der Waals surface area contributed by atoms with Crippen molar-refractivity contribution in [1.82, 2.24) is 0 Å². The Hall–Kier alpha value is -0.870. The third kappa shape index (κ3) is 1.81. The highest BCUT2D eigenvalue weighted by atomic mass is 32.2. The van der Waals surface area contributed by atoms with E-state index in [4.69, 9.17) is 5.14 Å². The van der Waals surface area contributed by atoms with Crippen molar-refractivity contribution in [2.75, 3.05) is 0 Å². The Morgan fingerprint density at radius 2 is 1.71 bits per heavy atom. The fourth-order valence-corrected chi connectivity index (χ4v) is 2.45. The topological polar surface area (TPSA) is 60.2 Å². The Bertz CT molecular complexity index is 451. The average molecular weight is 211 g/mol. The predicted octanol–water partition coefficient (Wildman–Crippen LogP) is 1.21. The van der Waals surface area contributed by atoms with Gasteiger partial charge in [-0.05, 0) is 48.9 Å². The van der Waals surface area contributed by atoms with Gasteiger partial charge in [-0.15, -0.1) is 0 Å². The zero-order chi connectivity index (χ0) is 10.2. The number of benzene rings is 1. The summed E-state index contributed by atoms with van der Waals surface area (Å²) in [5.74, 6) is 0. The standard InChI is InChI=1S/C10H13NO2S/c11-14(12,13)10-6-5-8-3-1-2-4-9(8)7-10/h5-7H,1-4H2,(H2,11,12,13). The molecule has 0 saturated heterocycles. The molecule has 14 heavy (non-hydrogen) atoms. The number of primary sulfonamides is 1. The van der Waals surface area contributed by atoms with Crippen LogP contribution in [0.1, 0.15) is 24.0 Å². The summed E-state index contributed by atoms with van der Waals surface area (Å²) in [5.41, 5.74) is 2.41. The SMILES string of the molecule is NS(=O)(=O)c1ccc2c(c1)CCCC2. The van der Waals surface area contributed by atoms with Gasteiger partial charge in [0, 0.05) is 0 Å². The fraction of sp³-hybridized carbons (Fsp3) is 0.400. The molecule has 0 bridgehead atoms. The Morgan fingerprint density at radius 1 is 1.07 bits per heavy atom. The molecule has 0 saturated carbocycles. The van der Waals surface area contributed by atoms with Crippen LogP contribution in [0.3, 0.4) is 0 Å². The largest absolute Gasteiger partial charge is 0.238 e. The van der Waals surface area contributed by atoms with Crippen molar-refractivity contribution >= 4 is 10.0 Å². The summed E-state index contributed by atoms with van der Waals surface area (Å²) in [4.78, 5) is 0.234. The molecule has 1 aliphatic rings. The minimum Gasteiger partial charge on any atom is -0.225 e. The smallest absolute Gasteiger partial charge is 0.225 e. The van der Waals surface area contributed by atoms with Crippen molar-refractivity contribution in [2.24, 2.45) is 5.14 Å². The second kappa shape index (κ2) is 3.37. The van der Waals surface area contributed by atoms with Gasteiger partial charge in [0.05, 0.1) is 4.90 Å². The third-order valence-electron chi connectivity index (χ3n) is 2.65. The van der Waals surface area contributed by atoms with Gasteiger partial charge in [0.25, 0.3) is 0 Å². The van der Waals surface area contributed by atoms with Crippen LogP contribution in [0, 0.1) is 0 Å². The van der Waals surface area contributed by atoms with Gasteiger partial charge in [-0.3, -0.25) is 0 Å². The second-order valence-corrected chi connectivity index (χ2v) is 5.24. The summed E-state index contributed by atoms with van der Waals surface area (Å²) in [7, 11) is -3.54. The van der Waals surface area contributed by atoms with Crippen LogP contribution in [0.25, 0.3) is 0 Å². The molecular formula is C10H13NO2S. The molecule has 1 aromatic rings. The molecule has 0 unspecified atom stereocenters. The van der Waals surface area contributed by atoms with Crippen LogP contribution in [-0.2, 0) is 22.9 Å². The van der Waals surface area contributed by atoms with Crippen LogP contribution in [0.15, 0.2) is 23.1 Å². The monoisotopic (exact) mass is 211 g/mol. The minimum absolute atomic E-state index is 0.234. The Balaban J connectivity index is 2.49. The number of fused-ring (bicyclic) bond motifs is 1. The summed E-state index contributed by atoms with van der Waals surface area (Å²) in [6.45, 7) is 0. The molecule has 0 aromatic heterocycles. The first-order chi connectivity index (χ1) is 6.57. The molecule has 0 heterocycles. The number of hydrogen-bond donors (Lipinski definition) is 1. The van der Waals surface area contributed by atoms with E-state index in [0.717, 1.165) is 24.8 Å². The zero-order valence-electron chi connectivity index (χ0n) is 7.86. The maximum Gasteiger partial charge on any atom is 0.238 e. The predicted molar refractivity (Wildman–Crippen MR) is 54.5 cm³/mol. The highest BCUT2D eigenvalue weighted by Crippen LogP contribution is 2.23. The molecule has 4 heteroatoms. The van der Waals surface area contributed by atoms with Gasteiger partial charge < -0.3 is 0 Å². The molecule has 3 nitrogen and oxygen atoms in total. The molecular weight excluding hydrogens is 198 g/mol. The van der Waals surface area contributed by atoms with Crippen molar-refractivity contribution in [1.29, 1.82) is 0 Å². The molecule has 0 atom stereocenters. The normalized spacial score (nSPS) is 16.4. The van der Waals surface area contributed by atoms with Crippen LogP contribution >= 0.6 is 0 Å². The molecule has 1 aromatic carbocycles. The Labute approximate surface area is 84.0 Å². The summed E-state index contributed by atoms with van der Waals surface area (Å²) >= 11 is 0. The van der Waals surface area contributed by atoms with E-state index in [2.05, 4.69) is 0 Å². The summed E-state index contributed by atoms with van der Waals surface area (Å²) < 4.78 is 22.2. The lowest BCUT2D eigenvalue weighted by atomic mass is 9.92. The quantitative estimate of drug-likeness (QED) is 0.759. The van der Waals surface area contributed by atoms with Crippen LogP contribution in [0.5, 0.6) is 0 Å². The van der Waals surface area contributed by atoms with Crippen molar-refractivity contribution in [2.45, 2.75) is 30.6 Å². The van der Waals surface area contributed by atoms with E-state index in [-0.39, 0.29) is 4.90 Å². The first-order valence-electron chi connectivity index (χ1n) is 4.72. The second-order valence-electron chi connectivity index (χ2n) is 3.68. The Morgan fingerprint density at radius 3 is 2.36 bits per heavy atom. The van der Waals surface area contributed by atoms with Crippen LogP contribution in [0.4, 0.5) is 0 Å². The van der Waals surface area contributed by atoms with E-state index in [1.807, 2.05) is 6.07 Å². The highest BCUT2D eigenvalue weighted by Gasteiger charge is 2.13. The van der Waals surface area contributed by atoms with Crippen molar-refractivity contribution in [3.05, 3.63) is 29.3 Å². The van der Waals surface area contributed by atoms with E-state index >= 15 is 0 Å². The van der Waals surface area contributed by atoms with Crippen LogP contribution < -0.4 is 5.14 Å². The van der Waals surface area contributed by atoms with Gasteiger partial charge in [0.2, 0.25) is 10.0 Å². The molecule has 0 aliphatic heterocycles. The molecule has 0 fully saturated rings. The van der Waals surface area contributed by atoms with E-state index in [9.17, 15) is 8.42 Å². The molecule has 0 radical (unpaired) electrons. The third-order valence-corrected chi connectivity index (χ3v) is 3.56. The first-order valence-corrected chi connectivity index (χ1v) is 6.26. The fourth-order valence-electron chi connectivity index (χ4n) is 1.89. The molecule has 76 valence electrons. The van der Waals surface area contributed by atoms with Crippen molar-refractivity contribution in [3.63, 3.8) is 0 Å². The lowest BCUT2D eigenvalue weighted by Crippen LogP contribution is -2.13. The lowest BCUT2D eigenvalue weighted by Gasteiger charge is -2.15. The summed E-state index contributed by atoms with van der Waals surface area (Å²) in [6.07, 6.45) is 4.36. The maximum absolute atomic E-state index is 11.1.